The Balaban J connectivity index is 2.30. The zero-order valence-electron chi connectivity index (χ0n) is 9.81. The lowest BCUT2D eigenvalue weighted by atomic mass is 10.2. The fourth-order valence-corrected chi connectivity index (χ4v) is 2.94. The third-order valence-electron chi connectivity index (χ3n) is 2.58. The molecule has 0 amide bonds. The van der Waals surface area contributed by atoms with Crippen LogP contribution in [-0.4, -0.2) is 8.42 Å². The highest BCUT2D eigenvalue weighted by molar-refractivity contribution is 7.90. The summed E-state index contributed by atoms with van der Waals surface area (Å²) < 4.78 is 49.9. The highest BCUT2D eigenvalue weighted by atomic mass is 32.2. The van der Waals surface area contributed by atoms with E-state index < -0.39 is 27.2 Å². The zero-order valence-corrected chi connectivity index (χ0v) is 10.6. The summed E-state index contributed by atoms with van der Waals surface area (Å²) >= 11 is 0. The molecule has 0 atom stereocenters. The predicted molar refractivity (Wildman–Crippen MR) is 68.1 cm³/mol. The average Bonchev–Trinajstić information content (AvgIpc) is 2.34. The Morgan fingerprint density at radius 2 is 1.58 bits per heavy atom. The maximum absolute atomic E-state index is 13.0. The number of rotatable bonds is 3. The van der Waals surface area contributed by atoms with E-state index in [1.165, 1.54) is 30.3 Å². The molecule has 0 aliphatic heterocycles. The predicted octanol–water partition coefficient (Wildman–Crippen LogP) is 2.52. The van der Waals surface area contributed by atoms with Crippen molar-refractivity contribution in [2.75, 3.05) is 5.73 Å². The standard InChI is InChI=1S/C13H11F2NO2S/c14-12-6-1-9(7-13(12)15)8-19(17,18)11-4-2-10(16)3-5-11/h1-7H,8,16H2. The highest BCUT2D eigenvalue weighted by Crippen LogP contribution is 2.19. The molecule has 0 saturated carbocycles. The Kier molecular flexibility index (Phi) is 3.53. The molecule has 19 heavy (non-hydrogen) atoms. The molecule has 0 radical (unpaired) electrons. The maximum atomic E-state index is 13.0. The van der Waals surface area contributed by atoms with Gasteiger partial charge in [-0.1, -0.05) is 6.07 Å². The Morgan fingerprint density at radius 1 is 0.947 bits per heavy atom. The van der Waals surface area contributed by atoms with Crippen LogP contribution in [0.5, 0.6) is 0 Å². The van der Waals surface area contributed by atoms with E-state index in [-0.39, 0.29) is 10.5 Å². The summed E-state index contributed by atoms with van der Waals surface area (Å²) in [5.74, 6) is -2.47. The summed E-state index contributed by atoms with van der Waals surface area (Å²) in [5, 5.41) is 0. The van der Waals surface area contributed by atoms with Gasteiger partial charge >= 0.3 is 0 Å². The van der Waals surface area contributed by atoms with Crippen LogP contribution in [0.4, 0.5) is 14.5 Å². The van der Waals surface area contributed by atoms with Gasteiger partial charge in [0, 0.05) is 5.69 Å². The van der Waals surface area contributed by atoms with Gasteiger partial charge in [-0.15, -0.1) is 0 Å². The number of hydrogen-bond acceptors (Lipinski definition) is 3. The van der Waals surface area contributed by atoms with Crippen LogP contribution in [0.3, 0.4) is 0 Å². The largest absolute Gasteiger partial charge is 0.399 e. The lowest BCUT2D eigenvalue weighted by molar-refractivity contribution is 0.507. The molecule has 0 aromatic heterocycles. The van der Waals surface area contributed by atoms with Crippen LogP contribution in [0.2, 0.25) is 0 Å². The summed E-state index contributed by atoms with van der Waals surface area (Å²) in [6.45, 7) is 0. The van der Waals surface area contributed by atoms with Crippen LogP contribution in [0.15, 0.2) is 47.4 Å². The Morgan fingerprint density at radius 3 is 2.16 bits per heavy atom. The van der Waals surface area contributed by atoms with E-state index in [2.05, 4.69) is 0 Å². The molecule has 0 heterocycles. The number of benzene rings is 2. The maximum Gasteiger partial charge on any atom is 0.182 e. The van der Waals surface area contributed by atoms with Crippen molar-refractivity contribution in [1.82, 2.24) is 0 Å². The van der Waals surface area contributed by atoms with Gasteiger partial charge in [0.25, 0.3) is 0 Å². The topological polar surface area (TPSA) is 60.2 Å². The van der Waals surface area contributed by atoms with Crippen molar-refractivity contribution in [3.63, 3.8) is 0 Å². The lowest BCUT2D eigenvalue weighted by Gasteiger charge is -2.05. The second-order valence-electron chi connectivity index (χ2n) is 4.08. The van der Waals surface area contributed by atoms with Crippen molar-refractivity contribution in [2.45, 2.75) is 10.6 Å². The van der Waals surface area contributed by atoms with Crippen LogP contribution in [-0.2, 0) is 15.6 Å². The zero-order chi connectivity index (χ0) is 14.0. The molecule has 6 heteroatoms. The van der Waals surface area contributed by atoms with Crippen molar-refractivity contribution in [2.24, 2.45) is 0 Å². The molecule has 0 fully saturated rings. The van der Waals surface area contributed by atoms with E-state index in [9.17, 15) is 17.2 Å². The van der Waals surface area contributed by atoms with Crippen LogP contribution in [0.25, 0.3) is 0 Å². The molecule has 2 N–H and O–H groups in total. The van der Waals surface area contributed by atoms with E-state index in [4.69, 9.17) is 5.73 Å². The molecule has 2 aromatic carbocycles. The summed E-state index contributed by atoms with van der Waals surface area (Å²) in [5.41, 5.74) is 6.11. The normalized spacial score (nSPS) is 11.5. The van der Waals surface area contributed by atoms with E-state index in [1.54, 1.807) is 0 Å². The number of sulfone groups is 1. The number of halogens is 2. The quantitative estimate of drug-likeness (QED) is 0.880. The smallest absolute Gasteiger partial charge is 0.182 e. The molecule has 0 spiro atoms. The summed E-state index contributed by atoms with van der Waals surface area (Å²) in [7, 11) is -3.60. The van der Waals surface area contributed by atoms with Gasteiger partial charge in [0.05, 0.1) is 10.6 Å². The minimum Gasteiger partial charge on any atom is -0.399 e. The first-order valence-corrected chi connectivity index (χ1v) is 7.06. The SMILES string of the molecule is Nc1ccc(S(=O)(=O)Cc2ccc(F)c(F)c2)cc1. The van der Waals surface area contributed by atoms with Gasteiger partial charge in [0.1, 0.15) is 0 Å². The monoisotopic (exact) mass is 283 g/mol. The third kappa shape index (κ3) is 3.08. The van der Waals surface area contributed by atoms with Crippen molar-refractivity contribution >= 4 is 15.5 Å². The molecule has 0 aliphatic carbocycles. The number of anilines is 1. The molecule has 2 aromatic rings. The first kappa shape index (κ1) is 13.5. The van der Waals surface area contributed by atoms with Crippen molar-refractivity contribution in [3.05, 3.63) is 59.7 Å². The van der Waals surface area contributed by atoms with E-state index in [1.807, 2.05) is 0 Å². The van der Waals surface area contributed by atoms with E-state index in [0.29, 0.717) is 5.69 Å². The average molecular weight is 283 g/mol. The van der Waals surface area contributed by atoms with Gasteiger partial charge in [-0.25, -0.2) is 17.2 Å². The van der Waals surface area contributed by atoms with Crippen LogP contribution >= 0.6 is 0 Å². The fourth-order valence-electron chi connectivity index (χ4n) is 1.61. The lowest BCUT2D eigenvalue weighted by Crippen LogP contribution is -2.05. The van der Waals surface area contributed by atoms with Crippen molar-refractivity contribution in [1.29, 1.82) is 0 Å². The van der Waals surface area contributed by atoms with Gasteiger partial charge in [0.2, 0.25) is 0 Å². The van der Waals surface area contributed by atoms with Gasteiger partial charge in [-0.05, 0) is 42.0 Å². The fraction of sp³-hybridized carbons (Fsp3) is 0.0769. The second-order valence-corrected chi connectivity index (χ2v) is 6.07. The minimum atomic E-state index is -3.60. The summed E-state index contributed by atoms with van der Waals surface area (Å²) in [6, 6.07) is 8.73. The molecule has 0 bridgehead atoms. The first-order valence-electron chi connectivity index (χ1n) is 5.41. The molecular weight excluding hydrogens is 272 g/mol. The van der Waals surface area contributed by atoms with E-state index >= 15 is 0 Å². The second kappa shape index (κ2) is 4.97. The van der Waals surface area contributed by atoms with Crippen LogP contribution in [0.1, 0.15) is 5.56 Å². The van der Waals surface area contributed by atoms with Gasteiger partial charge < -0.3 is 5.73 Å². The molecule has 3 nitrogen and oxygen atoms in total. The summed E-state index contributed by atoms with van der Waals surface area (Å²) in [6.07, 6.45) is 0. The summed E-state index contributed by atoms with van der Waals surface area (Å²) in [4.78, 5) is 0.0893. The molecular formula is C13H11F2NO2S. The van der Waals surface area contributed by atoms with Gasteiger partial charge in [0.15, 0.2) is 21.5 Å². The highest BCUT2D eigenvalue weighted by Gasteiger charge is 2.16. The molecule has 2 rings (SSSR count). The van der Waals surface area contributed by atoms with Gasteiger partial charge in [-0.2, -0.15) is 0 Å². The first-order chi connectivity index (χ1) is 8.88. The molecule has 0 aliphatic rings. The number of hydrogen-bond donors (Lipinski definition) is 1. The Hall–Kier alpha value is -1.95. The van der Waals surface area contributed by atoms with Gasteiger partial charge in [-0.3, -0.25) is 0 Å². The molecule has 0 unspecified atom stereocenters. The number of nitrogen functional groups attached to an aromatic ring is 1. The van der Waals surface area contributed by atoms with Crippen LogP contribution < -0.4 is 5.73 Å². The van der Waals surface area contributed by atoms with Crippen molar-refractivity contribution in [3.8, 4) is 0 Å². The molecule has 100 valence electrons. The number of nitrogens with two attached hydrogens (primary N) is 1. The Labute approximate surface area is 109 Å². The third-order valence-corrected chi connectivity index (χ3v) is 4.28. The van der Waals surface area contributed by atoms with Crippen molar-refractivity contribution < 1.29 is 17.2 Å². The minimum absolute atomic E-state index is 0.0893. The van der Waals surface area contributed by atoms with E-state index in [0.717, 1.165) is 12.1 Å². The van der Waals surface area contributed by atoms with Crippen LogP contribution in [0, 0.1) is 11.6 Å². The Bertz CT molecular complexity index is 697. The molecule has 0 saturated heterocycles.